The lowest BCUT2D eigenvalue weighted by atomic mass is 10.1. The first-order chi connectivity index (χ1) is 15.3. The van der Waals surface area contributed by atoms with E-state index in [9.17, 15) is 22.8 Å². The van der Waals surface area contributed by atoms with Crippen molar-refractivity contribution in [1.82, 2.24) is 14.7 Å². The number of hydrogen-bond donors (Lipinski definition) is 0. The summed E-state index contributed by atoms with van der Waals surface area (Å²) in [4.78, 5) is 30.7. The van der Waals surface area contributed by atoms with Crippen LogP contribution in [0.3, 0.4) is 0 Å². The molecule has 2 saturated heterocycles. The second kappa shape index (κ2) is 9.33. The van der Waals surface area contributed by atoms with E-state index in [1.807, 2.05) is 0 Å². The van der Waals surface area contributed by atoms with Crippen molar-refractivity contribution in [3.8, 4) is 11.3 Å². The maximum atomic E-state index is 13.0. The monoisotopic (exact) mass is 451 g/mol. The molecular weight excluding hydrogens is 427 g/mol. The quantitative estimate of drug-likeness (QED) is 0.715. The van der Waals surface area contributed by atoms with Crippen molar-refractivity contribution < 1.29 is 31.9 Å². The van der Waals surface area contributed by atoms with Crippen molar-refractivity contribution in [2.24, 2.45) is 0 Å². The highest BCUT2D eigenvalue weighted by Crippen LogP contribution is 2.32. The molecule has 0 aliphatic carbocycles. The van der Waals surface area contributed by atoms with Crippen molar-refractivity contribution in [2.45, 2.75) is 6.18 Å². The minimum atomic E-state index is -4.46. The molecule has 0 bridgehead atoms. The molecule has 0 radical (unpaired) electrons. The first-order valence-corrected chi connectivity index (χ1v) is 10.5. The normalized spacial score (nSPS) is 18.1. The molecule has 1 aromatic heterocycles. The fraction of sp³-hybridized carbons (Fsp3) is 0.455. The van der Waals surface area contributed by atoms with E-state index in [0.29, 0.717) is 45.9 Å². The van der Waals surface area contributed by atoms with Crippen LogP contribution < -0.4 is 0 Å². The summed E-state index contributed by atoms with van der Waals surface area (Å²) in [5.41, 5.74) is -0.533. The summed E-state index contributed by atoms with van der Waals surface area (Å²) in [5, 5.41) is 0. The molecular formula is C22H24F3N3O4. The highest BCUT2D eigenvalue weighted by molar-refractivity contribution is 5.92. The van der Waals surface area contributed by atoms with Gasteiger partial charge in [-0.2, -0.15) is 13.2 Å². The van der Waals surface area contributed by atoms with Gasteiger partial charge in [0.25, 0.3) is 5.91 Å². The van der Waals surface area contributed by atoms with Crippen LogP contribution >= 0.6 is 0 Å². The van der Waals surface area contributed by atoms with E-state index in [-0.39, 0.29) is 28.9 Å². The Bertz CT molecular complexity index is 961. The van der Waals surface area contributed by atoms with E-state index in [0.717, 1.165) is 25.2 Å². The van der Waals surface area contributed by atoms with Gasteiger partial charge in [0.15, 0.2) is 5.76 Å². The number of benzene rings is 1. The number of carbonyl (C=O) groups is 2. The molecule has 10 heteroatoms. The zero-order chi connectivity index (χ0) is 22.7. The zero-order valence-electron chi connectivity index (χ0n) is 17.4. The molecule has 0 N–H and O–H groups in total. The van der Waals surface area contributed by atoms with E-state index in [1.165, 1.54) is 24.3 Å². The number of furan rings is 1. The van der Waals surface area contributed by atoms with Gasteiger partial charge in [0.2, 0.25) is 5.91 Å². The van der Waals surface area contributed by atoms with Crippen LogP contribution in [0.2, 0.25) is 0 Å². The lowest BCUT2D eigenvalue weighted by molar-refractivity contribution is -0.137. The number of rotatable bonds is 4. The summed E-state index contributed by atoms with van der Waals surface area (Å²) in [6, 6.07) is 7.74. The van der Waals surface area contributed by atoms with Crippen LogP contribution in [0.4, 0.5) is 13.2 Å². The largest absolute Gasteiger partial charge is 0.451 e. The van der Waals surface area contributed by atoms with Gasteiger partial charge in [0.1, 0.15) is 5.76 Å². The Morgan fingerprint density at radius 3 is 2.28 bits per heavy atom. The molecule has 172 valence electrons. The lowest BCUT2D eigenvalue weighted by Gasteiger charge is -2.36. The Hall–Kier alpha value is -2.85. The van der Waals surface area contributed by atoms with Crippen LogP contribution in [0.1, 0.15) is 16.1 Å². The van der Waals surface area contributed by atoms with Gasteiger partial charge in [-0.05, 0) is 24.3 Å². The molecule has 2 fully saturated rings. The van der Waals surface area contributed by atoms with Crippen LogP contribution in [0, 0.1) is 0 Å². The molecule has 0 unspecified atom stereocenters. The molecule has 4 rings (SSSR count). The third-order valence-electron chi connectivity index (χ3n) is 5.67. The standard InChI is InChI=1S/C22H24F3N3O4/c23-22(24,25)17-3-1-2-16(14-17)18-4-5-19(32-18)21(30)28-8-6-27(7-9-28)20(29)15-26-10-12-31-13-11-26/h1-5,14H,6-13,15H2. The van der Waals surface area contributed by atoms with E-state index in [4.69, 9.17) is 9.15 Å². The highest BCUT2D eigenvalue weighted by atomic mass is 19.4. The number of carbonyl (C=O) groups excluding carboxylic acids is 2. The summed E-state index contributed by atoms with van der Waals surface area (Å²) >= 11 is 0. The number of piperazine rings is 1. The molecule has 2 aliphatic heterocycles. The zero-order valence-corrected chi connectivity index (χ0v) is 17.4. The molecule has 2 aliphatic rings. The number of halogens is 3. The fourth-order valence-electron chi connectivity index (χ4n) is 3.82. The second-order valence-electron chi connectivity index (χ2n) is 7.80. The Balaban J connectivity index is 1.34. The van der Waals surface area contributed by atoms with Gasteiger partial charge in [-0.25, -0.2) is 0 Å². The summed E-state index contributed by atoms with van der Waals surface area (Å²) in [6.45, 7) is 4.65. The van der Waals surface area contributed by atoms with Gasteiger partial charge < -0.3 is 19.0 Å². The molecule has 0 atom stereocenters. The van der Waals surface area contributed by atoms with Gasteiger partial charge in [-0.3, -0.25) is 14.5 Å². The number of alkyl halides is 3. The number of nitrogens with zero attached hydrogens (tertiary/aromatic N) is 3. The van der Waals surface area contributed by atoms with E-state index < -0.39 is 11.7 Å². The molecule has 2 aromatic rings. The van der Waals surface area contributed by atoms with E-state index >= 15 is 0 Å². The van der Waals surface area contributed by atoms with Crippen molar-refractivity contribution >= 4 is 11.8 Å². The summed E-state index contributed by atoms with van der Waals surface area (Å²) in [7, 11) is 0. The third kappa shape index (κ3) is 5.13. The van der Waals surface area contributed by atoms with Crippen molar-refractivity contribution in [1.29, 1.82) is 0 Å². The first kappa shape index (κ1) is 22.3. The highest BCUT2D eigenvalue weighted by Gasteiger charge is 2.31. The van der Waals surface area contributed by atoms with E-state index in [2.05, 4.69) is 4.90 Å². The maximum absolute atomic E-state index is 13.0. The Kier molecular flexibility index (Phi) is 6.52. The predicted molar refractivity (Wildman–Crippen MR) is 109 cm³/mol. The minimum absolute atomic E-state index is 0.0313. The topological polar surface area (TPSA) is 66.2 Å². The molecule has 0 spiro atoms. The molecule has 32 heavy (non-hydrogen) atoms. The van der Waals surface area contributed by atoms with Crippen LogP contribution in [0.25, 0.3) is 11.3 Å². The number of hydrogen-bond acceptors (Lipinski definition) is 5. The predicted octanol–water partition coefficient (Wildman–Crippen LogP) is 2.58. The van der Waals surface area contributed by atoms with Crippen LogP contribution in [0.15, 0.2) is 40.8 Å². The van der Waals surface area contributed by atoms with Crippen LogP contribution in [-0.4, -0.2) is 85.5 Å². The number of amides is 2. The van der Waals surface area contributed by atoms with Gasteiger partial charge in [-0.15, -0.1) is 0 Å². The fourth-order valence-corrected chi connectivity index (χ4v) is 3.82. The van der Waals surface area contributed by atoms with Crippen LogP contribution in [-0.2, 0) is 15.7 Å². The van der Waals surface area contributed by atoms with Gasteiger partial charge in [0, 0.05) is 44.8 Å². The Labute approximate surface area is 183 Å². The Morgan fingerprint density at radius 1 is 0.906 bits per heavy atom. The smallest absolute Gasteiger partial charge is 0.416 e. The van der Waals surface area contributed by atoms with Crippen molar-refractivity contribution in [2.75, 3.05) is 59.0 Å². The third-order valence-corrected chi connectivity index (χ3v) is 5.67. The van der Waals surface area contributed by atoms with Crippen molar-refractivity contribution in [3.05, 3.63) is 47.7 Å². The van der Waals surface area contributed by atoms with Crippen molar-refractivity contribution in [3.63, 3.8) is 0 Å². The molecule has 3 heterocycles. The SMILES string of the molecule is O=C(CN1CCOCC1)N1CCN(C(=O)c2ccc(-c3cccc(C(F)(F)F)c3)o2)CC1. The molecule has 2 amide bonds. The molecule has 0 saturated carbocycles. The second-order valence-corrected chi connectivity index (χ2v) is 7.80. The summed E-state index contributed by atoms with van der Waals surface area (Å²) in [6.07, 6.45) is -4.46. The van der Waals surface area contributed by atoms with Crippen LogP contribution in [0.5, 0.6) is 0 Å². The summed E-state index contributed by atoms with van der Waals surface area (Å²) < 4.78 is 49.7. The molecule has 7 nitrogen and oxygen atoms in total. The lowest BCUT2D eigenvalue weighted by Crippen LogP contribution is -2.53. The van der Waals surface area contributed by atoms with E-state index in [1.54, 1.807) is 9.80 Å². The Morgan fingerprint density at radius 2 is 1.59 bits per heavy atom. The summed E-state index contributed by atoms with van der Waals surface area (Å²) in [5.74, 6) is -0.0587. The average Bonchev–Trinajstić information content (AvgIpc) is 3.29. The maximum Gasteiger partial charge on any atom is 0.416 e. The van der Waals surface area contributed by atoms with Gasteiger partial charge in [0.05, 0.1) is 25.3 Å². The number of morpholine rings is 1. The first-order valence-electron chi connectivity index (χ1n) is 10.5. The van der Waals surface area contributed by atoms with Gasteiger partial charge >= 0.3 is 6.18 Å². The average molecular weight is 451 g/mol. The molecule has 1 aromatic carbocycles. The van der Waals surface area contributed by atoms with Gasteiger partial charge in [-0.1, -0.05) is 12.1 Å². The number of ether oxygens (including phenoxy) is 1. The minimum Gasteiger partial charge on any atom is -0.451 e.